The average Bonchev–Trinajstić information content (AvgIpc) is 3.10. The van der Waals surface area contributed by atoms with Crippen LogP contribution >= 0.6 is 11.6 Å². The molecule has 2 aliphatic heterocycles. The summed E-state index contributed by atoms with van der Waals surface area (Å²) in [6.07, 6.45) is 1.72. The molecule has 1 N–H and O–H groups in total. The van der Waals surface area contributed by atoms with Gasteiger partial charge in [-0.2, -0.15) is 0 Å². The molecule has 3 rings (SSSR count). The molecule has 0 radical (unpaired) electrons. The first-order chi connectivity index (χ1) is 11.0. The van der Waals surface area contributed by atoms with Crippen molar-refractivity contribution in [1.82, 2.24) is 4.90 Å². The van der Waals surface area contributed by atoms with Gasteiger partial charge in [-0.1, -0.05) is 29.8 Å². The fourth-order valence-corrected chi connectivity index (χ4v) is 3.47. The highest BCUT2D eigenvalue weighted by molar-refractivity contribution is 6.31. The fraction of sp³-hybridized carbons (Fsp3) is 0.412. The molecule has 1 aromatic rings. The van der Waals surface area contributed by atoms with Crippen molar-refractivity contribution in [3.63, 3.8) is 0 Å². The summed E-state index contributed by atoms with van der Waals surface area (Å²) in [4.78, 5) is 26.0. The minimum absolute atomic E-state index is 0.0805. The second kappa shape index (κ2) is 6.34. The van der Waals surface area contributed by atoms with E-state index in [-0.39, 0.29) is 17.5 Å². The van der Waals surface area contributed by atoms with E-state index in [1.165, 1.54) is 11.8 Å². The van der Waals surface area contributed by atoms with Gasteiger partial charge in [0.05, 0.1) is 17.7 Å². The van der Waals surface area contributed by atoms with Crippen LogP contribution in [-0.2, 0) is 14.3 Å². The molecule has 122 valence electrons. The highest BCUT2D eigenvalue weighted by atomic mass is 35.5. The van der Waals surface area contributed by atoms with Crippen LogP contribution in [0.25, 0.3) is 0 Å². The predicted octanol–water partition coefficient (Wildman–Crippen LogP) is 2.80. The molecule has 1 fully saturated rings. The van der Waals surface area contributed by atoms with E-state index in [0.717, 1.165) is 12.8 Å². The first kappa shape index (κ1) is 16.0. The van der Waals surface area contributed by atoms with Crippen LogP contribution in [0, 0.1) is 0 Å². The quantitative estimate of drug-likeness (QED) is 0.918. The number of hydrogen-bond acceptors (Lipinski definition) is 4. The molecule has 0 spiro atoms. The number of amides is 1. The maximum atomic E-state index is 12.5. The molecule has 1 saturated heterocycles. The van der Waals surface area contributed by atoms with Gasteiger partial charge in [-0.15, -0.1) is 0 Å². The second-order valence-electron chi connectivity index (χ2n) is 5.84. The van der Waals surface area contributed by atoms with Gasteiger partial charge in [0.15, 0.2) is 11.5 Å². The Morgan fingerprint density at radius 2 is 2.17 bits per heavy atom. The van der Waals surface area contributed by atoms with E-state index >= 15 is 0 Å². The molecule has 23 heavy (non-hydrogen) atoms. The van der Waals surface area contributed by atoms with Crippen molar-refractivity contribution in [2.75, 3.05) is 13.2 Å². The van der Waals surface area contributed by atoms with Crippen LogP contribution in [0.3, 0.4) is 0 Å². The predicted molar refractivity (Wildman–Crippen MR) is 85.2 cm³/mol. The molecule has 0 aliphatic carbocycles. The van der Waals surface area contributed by atoms with Crippen molar-refractivity contribution in [2.24, 2.45) is 0 Å². The van der Waals surface area contributed by atoms with E-state index in [1.807, 2.05) is 0 Å². The lowest BCUT2D eigenvalue weighted by Gasteiger charge is -2.29. The Morgan fingerprint density at radius 3 is 2.78 bits per heavy atom. The highest BCUT2D eigenvalue weighted by Gasteiger charge is 2.44. The molecule has 1 amide bonds. The largest absolute Gasteiger partial charge is 0.503 e. The Balaban J connectivity index is 2.02. The van der Waals surface area contributed by atoms with Crippen LogP contribution in [0.4, 0.5) is 0 Å². The van der Waals surface area contributed by atoms with Crippen LogP contribution in [0.15, 0.2) is 35.6 Å². The van der Waals surface area contributed by atoms with E-state index < -0.39 is 17.7 Å². The van der Waals surface area contributed by atoms with Crippen molar-refractivity contribution in [3.8, 4) is 0 Å². The minimum Gasteiger partial charge on any atom is -0.503 e. The molecule has 0 unspecified atom stereocenters. The number of hydrogen-bond donors (Lipinski definition) is 1. The second-order valence-corrected chi connectivity index (χ2v) is 6.24. The third-order valence-corrected chi connectivity index (χ3v) is 4.65. The van der Waals surface area contributed by atoms with Crippen molar-refractivity contribution < 1.29 is 19.4 Å². The molecule has 0 bridgehead atoms. The zero-order valence-electron chi connectivity index (χ0n) is 12.8. The summed E-state index contributed by atoms with van der Waals surface area (Å²) < 4.78 is 5.60. The Kier molecular flexibility index (Phi) is 4.41. The van der Waals surface area contributed by atoms with Gasteiger partial charge in [0, 0.05) is 18.2 Å². The Morgan fingerprint density at radius 1 is 1.43 bits per heavy atom. The first-order valence-corrected chi connectivity index (χ1v) is 7.99. The number of halogens is 1. The Hall–Kier alpha value is -1.85. The topological polar surface area (TPSA) is 66.8 Å². The molecule has 1 aromatic carbocycles. The normalized spacial score (nSPS) is 24.6. The van der Waals surface area contributed by atoms with E-state index in [9.17, 15) is 14.7 Å². The number of carbonyl (C=O) groups is 2. The van der Waals surface area contributed by atoms with Gasteiger partial charge in [-0.25, -0.2) is 0 Å². The Labute approximate surface area is 139 Å². The summed E-state index contributed by atoms with van der Waals surface area (Å²) in [6.45, 7) is 2.34. The minimum atomic E-state index is -0.669. The molecule has 2 atom stereocenters. The molecule has 0 saturated carbocycles. The molecule has 0 aromatic heterocycles. The number of ketones is 1. The van der Waals surface area contributed by atoms with Crippen LogP contribution in [-0.4, -0.2) is 41.0 Å². The number of aliphatic hydroxyl groups excluding tert-OH is 1. The average molecular weight is 336 g/mol. The van der Waals surface area contributed by atoms with Gasteiger partial charge in [0.25, 0.3) is 5.91 Å². The van der Waals surface area contributed by atoms with E-state index in [1.54, 1.807) is 24.3 Å². The smallest absolute Gasteiger partial charge is 0.290 e. The number of ether oxygens (including phenoxy) is 1. The van der Waals surface area contributed by atoms with Gasteiger partial charge < -0.3 is 14.7 Å². The van der Waals surface area contributed by atoms with Gasteiger partial charge in [0.2, 0.25) is 0 Å². The third-order valence-electron chi connectivity index (χ3n) is 4.31. The summed E-state index contributed by atoms with van der Waals surface area (Å²) in [5, 5.41) is 10.6. The summed E-state index contributed by atoms with van der Waals surface area (Å²) in [5.74, 6) is -1.37. The summed E-state index contributed by atoms with van der Waals surface area (Å²) in [6, 6.07) is 6.38. The van der Waals surface area contributed by atoms with Crippen LogP contribution < -0.4 is 0 Å². The lowest BCUT2D eigenvalue weighted by Crippen LogP contribution is -2.37. The zero-order chi connectivity index (χ0) is 16.6. The Bertz CT molecular complexity index is 679. The van der Waals surface area contributed by atoms with Gasteiger partial charge >= 0.3 is 0 Å². The SMILES string of the molecule is CC(=O)C1=C(O)C(=O)N(C[C@H]2CCCO2)[C@@H]1c1ccccc1Cl. The molecule has 2 aliphatic rings. The zero-order valence-corrected chi connectivity index (χ0v) is 13.5. The summed E-state index contributed by atoms with van der Waals surface area (Å²) >= 11 is 6.27. The standard InChI is InChI=1S/C17H18ClNO4/c1-10(20)14-15(12-6-2-3-7-13(12)18)19(17(22)16(14)21)9-11-5-4-8-23-11/h2-3,6-7,11,15,21H,4-5,8-9H2,1H3/t11-,15-/m1/s1. The maximum Gasteiger partial charge on any atom is 0.290 e. The van der Waals surface area contributed by atoms with E-state index in [2.05, 4.69) is 0 Å². The number of benzene rings is 1. The van der Waals surface area contributed by atoms with Crippen molar-refractivity contribution in [2.45, 2.75) is 31.9 Å². The number of Topliss-reactive ketones (excluding diaryl/α,β-unsaturated/α-hetero) is 1. The first-order valence-electron chi connectivity index (χ1n) is 7.61. The van der Waals surface area contributed by atoms with E-state index in [4.69, 9.17) is 16.3 Å². The van der Waals surface area contributed by atoms with Crippen molar-refractivity contribution >= 4 is 23.3 Å². The third kappa shape index (κ3) is 2.86. The summed E-state index contributed by atoms with van der Waals surface area (Å²) in [5.41, 5.74) is 0.732. The number of rotatable bonds is 4. The molecule has 2 heterocycles. The highest BCUT2D eigenvalue weighted by Crippen LogP contribution is 2.40. The van der Waals surface area contributed by atoms with Crippen molar-refractivity contribution in [3.05, 3.63) is 46.2 Å². The van der Waals surface area contributed by atoms with Crippen LogP contribution in [0.1, 0.15) is 31.4 Å². The van der Waals surface area contributed by atoms with Crippen LogP contribution in [0.5, 0.6) is 0 Å². The van der Waals surface area contributed by atoms with Gasteiger partial charge in [-0.3, -0.25) is 9.59 Å². The maximum absolute atomic E-state index is 12.5. The van der Waals surface area contributed by atoms with Gasteiger partial charge in [-0.05, 0) is 31.4 Å². The number of aliphatic hydroxyl groups is 1. The monoisotopic (exact) mass is 335 g/mol. The lowest BCUT2D eigenvalue weighted by atomic mass is 9.96. The van der Waals surface area contributed by atoms with E-state index in [0.29, 0.717) is 23.7 Å². The molecular formula is C17H18ClNO4. The number of carbonyl (C=O) groups excluding carboxylic acids is 2. The fourth-order valence-electron chi connectivity index (χ4n) is 3.23. The van der Waals surface area contributed by atoms with Crippen molar-refractivity contribution in [1.29, 1.82) is 0 Å². The van der Waals surface area contributed by atoms with Gasteiger partial charge in [0.1, 0.15) is 0 Å². The molecular weight excluding hydrogens is 318 g/mol. The molecule has 5 nitrogen and oxygen atoms in total. The van der Waals surface area contributed by atoms with Crippen LogP contribution in [0.2, 0.25) is 5.02 Å². The molecule has 6 heteroatoms. The number of nitrogens with zero attached hydrogens (tertiary/aromatic N) is 1. The summed E-state index contributed by atoms with van der Waals surface area (Å²) in [7, 11) is 0. The lowest BCUT2D eigenvalue weighted by molar-refractivity contribution is -0.131.